The molecule has 4 atom stereocenters. The number of hydrogen-bond acceptors (Lipinski definition) is 5. The highest BCUT2D eigenvalue weighted by Gasteiger charge is 2.43. The largest absolute Gasteiger partial charge is 0.394 e. The molecule has 2 aromatic rings. The molecule has 0 spiro atoms. The summed E-state index contributed by atoms with van der Waals surface area (Å²) in [4.78, 5) is 12.5. The normalized spacial score (nSPS) is 29.1. The molecular formula is C14H14ClNO5. The zero-order valence-electron chi connectivity index (χ0n) is 10.9. The van der Waals surface area contributed by atoms with Gasteiger partial charge in [-0.3, -0.25) is 9.36 Å². The molecule has 0 amide bonds. The van der Waals surface area contributed by atoms with Crippen molar-refractivity contribution in [2.75, 3.05) is 6.61 Å². The van der Waals surface area contributed by atoms with Gasteiger partial charge in [0.2, 0.25) is 0 Å². The van der Waals surface area contributed by atoms with Crippen molar-refractivity contribution in [3.63, 3.8) is 0 Å². The number of rotatable bonds is 2. The standard InChI is InChI=1S/C14H14ClNO5/c15-9-5-16(13(20)8-4-2-1-3-7(8)9)14-12(19)11(18)10(6-17)21-14/h1-5,10-12,14,17-19H,6H2/t10-,11-,12-,14-/m1/s1. The van der Waals surface area contributed by atoms with E-state index in [1.54, 1.807) is 24.3 Å². The number of aromatic nitrogens is 1. The molecule has 0 aliphatic carbocycles. The Hall–Kier alpha value is -1.44. The fraction of sp³-hybridized carbons (Fsp3) is 0.357. The van der Waals surface area contributed by atoms with Crippen molar-refractivity contribution in [1.29, 1.82) is 0 Å². The molecule has 1 aliphatic rings. The van der Waals surface area contributed by atoms with Gasteiger partial charge >= 0.3 is 0 Å². The van der Waals surface area contributed by atoms with E-state index in [0.717, 1.165) is 4.57 Å². The molecule has 2 heterocycles. The van der Waals surface area contributed by atoms with Gasteiger partial charge in [0.05, 0.1) is 11.6 Å². The first-order chi connectivity index (χ1) is 10.0. The highest BCUT2D eigenvalue weighted by Crippen LogP contribution is 2.30. The zero-order chi connectivity index (χ0) is 15.1. The van der Waals surface area contributed by atoms with Crippen LogP contribution in [0, 0.1) is 0 Å². The Bertz CT molecular complexity index is 731. The number of hydrogen-bond donors (Lipinski definition) is 3. The van der Waals surface area contributed by atoms with Gasteiger partial charge in [0.1, 0.15) is 18.3 Å². The smallest absolute Gasteiger partial charge is 0.260 e. The SMILES string of the molecule is O=c1c2ccccc2c(Cl)cn1[C@@H]1O[C@H](CO)[C@@H](O)[C@H]1O. The van der Waals surface area contributed by atoms with Gasteiger partial charge in [-0.25, -0.2) is 0 Å². The highest BCUT2D eigenvalue weighted by atomic mass is 35.5. The molecule has 0 radical (unpaired) electrons. The van der Waals surface area contributed by atoms with Crippen LogP contribution in [-0.2, 0) is 4.74 Å². The average Bonchev–Trinajstić information content (AvgIpc) is 2.79. The number of aliphatic hydroxyl groups is 3. The number of ether oxygens (including phenoxy) is 1. The van der Waals surface area contributed by atoms with Crippen molar-refractivity contribution in [3.8, 4) is 0 Å². The Kier molecular flexibility index (Phi) is 3.73. The molecule has 1 saturated heterocycles. The van der Waals surface area contributed by atoms with E-state index in [4.69, 9.17) is 21.4 Å². The van der Waals surface area contributed by atoms with Crippen LogP contribution < -0.4 is 5.56 Å². The summed E-state index contributed by atoms with van der Waals surface area (Å²) >= 11 is 6.16. The molecule has 0 unspecified atom stereocenters. The molecule has 1 fully saturated rings. The maximum Gasteiger partial charge on any atom is 0.260 e. The van der Waals surface area contributed by atoms with Gasteiger partial charge in [-0.15, -0.1) is 0 Å². The van der Waals surface area contributed by atoms with Gasteiger partial charge < -0.3 is 20.1 Å². The maximum absolute atomic E-state index is 12.5. The van der Waals surface area contributed by atoms with E-state index in [1.807, 2.05) is 0 Å². The van der Waals surface area contributed by atoms with Crippen LogP contribution >= 0.6 is 11.6 Å². The van der Waals surface area contributed by atoms with Crippen LogP contribution in [0.25, 0.3) is 10.8 Å². The Morgan fingerprint density at radius 3 is 2.48 bits per heavy atom. The number of halogens is 1. The first-order valence-corrected chi connectivity index (χ1v) is 6.84. The lowest BCUT2D eigenvalue weighted by Gasteiger charge is -2.18. The summed E-state index contributed by atoms with van der Waals surface area (Å²) in [6.07, 6.45) is -3.25. The third-order valence-electron chi connectivity index (χ3n) is 3.69. The summed E-state index contributed by atoms with van der Waals surface area (Å²) in [5.74, 6) is 0. The molecule has 3 N–H and O–H groups in total. The van der Waals surface area contributed by atoms with E-state index in [-0.39, 0.29) is 5.56 Å². The van der Waals surface area contributed by atoms with Crippen molar-refractivity contribution < 1.29 is 20.1 Å². The van der Waals surface area contributed by atoms with Crippen molar-refractivity contribution in [2.24, 2.45) is 0 Å². The second-order valence-corrected chi connectivity index (χ2v) is 5.37. The van der Waals surface area contributed by atoms with E-state index < -0.39 is 31.1 Å². The summed E-state index contributed by atoms with van der Waals surface area (Å²) < 4.78 is 6.51. The summed E-state index contributed by atoms with van der Waals surface area (Å²) in [7, 11) is 0. The minimum Gasteiger partial charge on any atom is -0.394 e. The van der Waals surface area contributed by atoms with E-state index in [2.05, 4.69) is 0 Å². The molecule has 6 nitrogen and oxygen atoms in total. The lowest BCUT2D eigenvalue weighted by molar-refractivity contribution is -0.0541. The summed E-state index contributed by atoms with van der Waals surface area (Å²) in [5.41, 5.74) is -0.384. The van der Waals surface area contributed by atoms with Gasteiger partial charge in [0.15, 0.2) is 6.23 Å². The van der Waals surface area contributed by atoms with Crippen LogP contribution in [0.5, 0.6) is 0 Å². The van der Waals surface area contributed by atoms with Crippen LogP contribution in [-0.4, -0.2) is 44.8 Å². The number of pyridine rings is 1. The molecule has 1 aromatic heterocycles. The quantitative estimate of drug-likeness (QED) is 0.740. The lowest BCUT2D eigenvalue weighted by atomic mass is 10.1. The highest BCUT2D eigenvalue weighted by molar-refractivity contribution is 6.35. The molecular weight excluding hydrogens is 298 g/mol. The van der Waals surface area contributed by atoms with Crippen LogP contribution in [0.4, 0.5) is 0 Å². The summed E-state index contributed by atoms with van der Waals surface area (Å²) in [6, 6.07) is 6.83. The van der Waals surface area contributed by atoms with Crippen LogP contribution in [0.1, 0.15) is 6.23 Å². The van der Waals surface area contributed by atoms with E-state index in [1.165, 1.54) is 6.20 Å². The Labute approximate surface area is 124 Å². The fourth-order valence-electron chi connectivity index (χ4n) is 2.57. The number of benzene rings is 1. The van der Waals surface area contributed by atoms with Crippen LogP contribution in [0.3, 0.4) is 0 Å². The average molecular weight is 312 g/mol. The zero-order valence-corrected chi connectivity index (χ0v) is 11.6. The van der Waals surface area contributed by atoms with Gasteiger partial charge in [-0.2, -0.15) is 0 Å². The van der Waals surface area contributed by atoms with Crippen LogP contribution in [0.2, 0.25) is 5.02 Å². The molecule has 1 aliphatic heterocycles. The van der Waals surface area contributed by atoms with Crippen molar-refractivity contribution in [2.45, 2.75) is 24.5 Å². The van der Waals surface area contributed by atoms with Gasteiger partial charge in [0.25, 0.3) is 5.56 Å². The molecule has 1 aromatic carbocycles. The minimum absolute atomic E-state index is 0.336. The number of fused-ring (bicyclic) bond motifs is 1. The van der Waals surface area contributed by atoms with Crippen LogP contribution in [0.15, 0.2) is 35.3 Å². The Morgan fingerprint density at radius 1 is 1.19 bits per heavy atom. The summed E-state index contributed by atoms with van der Waals surface area (Å²) in [6.45, 7) is -0.454. The predicted octanol–water partition coefficient (Wildman–Crippen LogP) is 0.266. The topological polar surface area (TPSA) is 91.9 Å². The second kappa shape index (κ2) is 5.40. The molecule has 7 heteroatoms. The van der Waals surface area contributed by atoms with E-state index in [0.29, 0.717) is 15.8 Å². The third kappa shape index (κ3) is 2.25. The van der Waals surface area contributed by atoms with Gasteiger partial charge in [-0.05, 0) is 6.07 Å². The molecule has 0 bridgehead atoms. The minimum atomic E-state index is -1.32. The van der Waals surface area contributed by atoms with E-state index in [9.17, 15) is 15.0 Å². The van der Waals surface area contributed by atoms with Gasteiger partial charge in [0, 0.05) is 17.0 Å². The molecule has 0 saturated carbocycles. The molecule has 112 valence electrons. The Morgan fingerprint density at radius 2 is 1.86 bits per heavy atom. The monoisotopic (exact) mass is 311 g/mol. The van der Waals surface area contributed by atoms with Gasteiger partial charge in [-0.1, -0.05) is 29.8 Å². The third-order valence-corrected chi connectivity index (χ3v) is 3.99. The molecule has 21 heavy (non-hydrogen) atoms. The first kappa shape index (κ1) is 14.5. The van der Waals surface area contributed by atoms with Crippen molar-refractivity contribution in [3.05, 3.63) is 45.8 Å². The maximum atomic E-state index is 12.5. The van der Waals surface area contributed by atoms with E-state index >= 15 is 0 Å². The predicted molar refractivity (Wildman–Crippen MR) is 76.2 cm³/mol. The first-order valence-electron chi connectivity index (χ1n) is 6.46. The Balaban J connectivity index is 2.14. The number of aliphatic hydroxyl groups excluding tert-OH is 3. The summed E-state index contributed by atoms with van der Waals surface area (Å²) in [5, 5.41) is 30.2. The second-order valence-electron chi connectivity index (χ2n) is 4.96. The van der Waals surface area contributed by atoms with Crippen molar-refractivity contribution >= 4 is 22.4 Å². The lowest BCUT2D eigenvalue weighted by Crippen LogP contribution is -2.35. The molecule has 3 rings (SSSR count). The van der Waals surface area contributed by atoms with Crippen molar-refractivity contribution in [1.82, 2.24) is 4.57 Å². The fourth-order valence-corrected chi connectivity index (χ4v) is 2.84. The number of nitrogens with zero attached hydrogens (tertiary/aromatic N) is 1.